The highest BCUT2D eigenvalue weighted by Gasteiger charge is 2.21. The molecule has 3 aromatic rings. The van der Waals surface area contributed by atoms with Crippen LogP contribution >= 0.6 is 0 Å². The van der Waals surface area contributed by atoms with Crippen LogP contribution in [0.2, 0.25) is 0 Å². The first-order valence-corrected chi connectivity index (χ1v) is 9.40. The van der Waals surface area contributed by atoms with E-state index in [0.29, 0.717) is 22.8 Å². The molecule has 1 unspecified atom stereocenters. The van der Waals surface area contributed by atoms with Crippen LogP contribution in [-0.2, 0) is 9.53 Å². The van der Waals surface area contributed by atoms with Crippen LogP contribution in [0.5, 0.6) is 11.5 Å². The molecule has 0 saturated carbocycles. The van der Waals surface area contributed by atoms with Crippen molar-refractivity contribution in [3.8, 4) is 11.5 Å². The number of amides is 1. The van der Waals surface area contributed by atoms with E-state index < -0.39 is 18.0 Å². The molecule has 9 heteroatoms. The monoisotopic (exact) mass is 412 g/mol. The van der Waals surface area contributed by atoms with Gasteiger partial charge in [0.2, 0.25) is 0 Å². The van der Waals surface area contributed by atoms with Gasteiger partial charge in [-0.15, -0.1) is 0 Å². The third-order valence-electron chi connectivity index (χ3n) is 4.43. The lowest BCUT2D eigenvalue weighted by atomic mass is 10.2. The van der Waals surface area contributed by atoms with E-state index in [2.05, 4.69) is 15.4 Å². The van der Waals surface area contributed by atoms with Gasteiger partial charge in [0.05, 0.1) is 26.0 Å². The van der Waals surface area contributed by atoms with Crippen LogP contribution in [0.3, 0.4) is 0 Å². The van der Waals surface area contributed by atoms with Gasteiger partial charge in [-0.3, -0.25) is 4.79 Å². The van der Waals surface area contributed by atoms with Crippen LogP contribution in [0.1, 0.15) is 37.2 Å². The van der Waals surface area contributed by atoms with Crippen molar-refractivity contribution in [2.75, 3.05) is 19.5 Å². The summed E-state index contributed by atoms with van der Waals surface area (Å²) in [6.07, 6.45) is 2.04. The van der Waals surface area contributed by atoms with E-state index in [-0.39, 0.29) is 11.6 Å². The van der Waals surface area contributed by atoms with Crippen molar-refractivity contribution < 1.29 is 23.8 Å². The van der Waals surface area contributed by atoms with E-state index in [1.807, 2.05) is 13.8 Å². The summed E-state index contributed by atoms with van der Waals surface area (Å²) in [5.74, 6) is -0.0841. The number of ether oxygens (including phenoxy) is 3. The van der Waals surface area contributed by atoms with Gasteiger partial charge in [-0.1, -0.05) is 0 Å². The fraction of sp³-hybridized carbons (Fsp3) is 0.333. The van der Waals surface area contributed by atoms with Crippen molar-refractivity contribution in [2.24, 2.45) is 0 Å². The number of pyridine rings is 1. The van der Waals surface area contributed by atoms with Gasteiger partial charge in [-0.25, -0.2) is 14.5 Å². The Morgan fingerprint density at radius 2 is 1.67 bits per heavy atom. The summed E-state index contributed by atoms with van der Waals surface area (Å²) >= 11 is 0. The van der Waals surface area contributed by atoms with Crippen LogP contribution in [0.4, 0.5) is 5.69 Å². The summed E-state index contributed by atoms with van der Waals surface area (Å²) in [5.41, 5.74) is 1.39. The van der Waals surface area contributed by atoms with Crippen LogP contribution in [0.25, 0.3) is 11.0 Å². The molecule has 0 aliphatic rings. The van der Waals surface area contributed by atoms with Crippen LogP contribution in [0, 0.1) is 0 Å². The van der Waals surface area contributed by atoms with E-state index in [0.717, 1.165) is 5.39 Å². The van der Waals surface area contributed by atoms with Crippen LogP contribution in [-0.4, -0.2) is 47.0 Å². The summed E-state index contributed by atoms with van der Waals surface area (Å²) in [7, 11) is 3.03. The van der Waals surface area contributed by atoms with Gasteiger partial charge in [-0.05, 0) is 26.8 Å². The Labute approximate surface area is 173 Å². The average molecular weight is 412 g/mol. The molecule has 0 aliphatic carbocycles. The molecule has 0 spiro atoms. The number of hydrogen-bond donors (Lipinski definition) is 1. The largest absolute Gasteiger partial charge is 0.497 e. The Balaban J connectivity index is 1.69. The second-order valence-electron chi connectivity index (χ2n) is 6.96. The van der Waals surface area contributed by atoms with E-state index in [4.69, 9.17) is 14.2 Å². The normalized spacial score (nSPS) is 11.9. The maximum absolute atomic E-state index is 12.5. The molecule has 0 bridgehead atoms. The third kappa shape index (κ3) is 4.51. The first-order valence-electron chi connectivity index (χ1n) is 9.40. The van der Waals surface area contributed by atoms with E-state index >= 15 is 0 Å². The fourth-order valence-corrected chi connectivity index (χ4v) is 2.84. The highest BCUT2D eigenvalue weighted by atomic mass is 16.5. The van der Waals surface area contributed by atoms with Gasteiger partial charge < -0.3 is 19.5 Å². The Morgan fingerprint density at radius 3 is 2.27 bits per heavy atom. The third-order valence-corrected chi connectivity index (χ3v) is 4.43. The molecule has 3 rings (SSSR count). The first-order chi connectivity index (χ1) is 14.3. The van der Waals surface area contributed by atoms with Crippen molar-refractivity contribution in [1.29, 1.82) is 0 Å². The molecule has 1 atom stereocenters. The molecule has 1 N–H and O–H groups in total. The van der Waals surface area contributed by atoms with Gasteiger partial charge in [0, 0.05) is 41.5 Å². The topological polar surface area (TPSA) is 105 Å². The van der Waals surface area contributed by atoms with Crippen molar-refractivity contribution >= 4 is 28.6 Å². The Bertz CT molecular complexity index is 1050. The van der Waals surface area contributed by atoms with Crippen LogP contribution < -0.4 is 14.8 Å². The minimum Gasteiger partial charge on any atom is -0.497 e. The fourth-order valence-electron chi connectivity index (χ4n) is 2.84. The van der Waals surface area contributed by atoms with Crippen LogP contribution in [0.15, 0.2) is 36.7 Å². The number of nitrogens with zero attached hydrogens (tertiary/aromatic N) is 3. The minimum atomic E-state index is -1.02. The molecule has 30 heavy (non-hydrogen) atoms. The lowest BCUT2D eigenvalue weighted by Gasteiger charge is -2.15. The van der Waals surface area contributed by atoms with E-state index in [1.165, 1.54) is 27.3 Å². The SMILES string of the molecule is COc1cc(NC(=O)C(C)OC(=O)c2cnc3c(cnn3C(C)C)c2)cc(OC)c1. The minimum absolute atomic E-state index is 0.145. The van der Waals surface area contributed by atoms with Crippen molar-refractivity contribution in [3.05, 3.63) is 42.2 Å². The maximum Gasteiger partial charge on any atom is 0.340 e. The van der Waals surface area contributed by atoms with Gasteiger partial charge in [0.15, 0.2) is 11.8 Å². The van der Waals surface area contributed by atoms with Gasteiger partial charge in [0.1, 0.15) is 11.5 Å². The number of hydrogen-bond acceptors (Lipinski definition) is 7. The van der Waals surface area contributed by atoms with Gasteiger partial charge in [-0.2, -0.15) is 5.10 Å². The number of benzene rings is 1. The summed E-state index contributed by atoms with van der Waals surface area (Å²) in [6.45, 7) is 5.48. The Morgan fingerprint density at radius 1 is 1.00 bits per heavy atom. The number of anilines is 1. The summed E-state index contributed by atoms with van der Waals surface area (Å²) < 4.78 is 17.4. The average Bonchev–Trinajstić information content (AvgIpc) is 3.16. The summed E-state index contributed by atoms with van der Waals surface area (Å²) in [5, 5.41) is 7.69. The molecule has 158 valence electrons. The Kier molecular flexibility index (Phi) is 6.20. The molecule has 1 aromatic carbocycles. The smallest absolute Gasteiger partial charge is 0.340 e. The predicted molar refractivity (Wildman–Crippen MR) is 111 cm³/mol. The number of carbonyl (C=O) groups excluding carboxylic acids is 2. The van der Waals surface area contributed by atoms with Crippen molar-refractivity contribution in [3.63, 3.8) is 0 Å². The van der Waals surface area contributed by atoms with Gasteiger partial charge in [0.25, 0.3) is 5.91 Å². The van der Waals surface area contributed by atoms with E-state index in [1.54, 1.807) is 35.1 Å². The molecule has 0 radical (unpaired) electrons. The van der Waals surface area contributed by atoms with Gasteiger partial charge >= 0.3 is 5.97 Å². The molecule has 0 fully saturated rings. The number of nitrogens with one attached hydrogen (secondary N) is 1. The molecule has 2 heterocycles. The maximum atomic E-state index is 12.5. The molecule has 0 aliphatic heterocycles. The summed E-state index contributed by atoms with van der Waals surface area (Å²) in [4.78, 5) is 29.3. The molecule has 2 aromatic heterocycles. The van der Waals surface area contributed by atoms with Crippen molar-refractivity contribution in [1.82, 2.24) is 14.8 Å². The lowest BCUT2D eigenvalue weighted by Crippen LogP contribution is -2.30. The Hall–Kier alpha value is -3.62. The zero-order chi connectivity index (χ0) is 21.8. The number of rotatable bonds is 7. The molecule has 9 nitrogen and oxygen atoms in total. The number of fused-ring (bicyclic) bond motifs is 1. The highest BCUT2D eigenvalue weighted by molar-refractivity contribution is 5.98. The quantitative estimate of drug-likeness (QED) is 0.594. The number of methoxy groups -OCH3 is 2. The number of aromatic nitrogens is 3. The second-order valence-corrected chi connectivity index (χ2v) is 6.96. The number of esters is 1. The molecule has 1 amide bonds. The summed E-state index contributed by atoms with van der Waals surface area (Å²) in [6, 6.07) is 6.75. The predicted octanol–water partition coefficient (Wildman–Crippen LogP) is 3.21. The first kappa shape index (κ1) is 21.1. The molecular weight excluding hydrogens is 388 g/mol. The molecule has 0 saturated heterocycles. The standard InChI is InChI=1S/C21H24N4O5/c1-12(2)25-19-14(11-23-25)6-15(10-22-19)21(27)30-13(3)20(26)24-16-7-17(28-4)9-18(8-16)29-5/h6-13H,1-5H3,(H,24,26). The highest BCUT2D eigenvalue weighted by Crippen LogP contribution is 2.26. The second kappa shape index (κ2) is 8.81. The number of carbonyl (C=O) groups is 2. The van der Waals surface area contributed by atoms with E-state index in [9.17, 15) is 9.59 Å². The zero-order valence-electron chi connectivity index (χ0n) is 17.5. The lowest BCUT2D eigenvalue weighted by molar-refractivity contribution is -0.123. The molecular formula is C21H24N4O5. The van der Waals surface area contributed by atoms with Crippen molar-refractivity contribution in [2.45, 2.75) is 32.9 Å². The zero-order valence-corrected chi connectivity index (χ0v) is 17.5.